The van der Waals surface area contributed by atoms with E-state index in [0.717, 1.165) is 18.5 Å². The SMILES string of the molecule is CCC(N)C(C)[Si](O)(CC)CC. The Bertz CT molecular complexity index is 126. The van der Waals surface area contributed by atoms with Gasteiger partial charge in [-0.25, -0.2) is 0 Å². The zero-order valence-electron chi connectivity index (χ0n) is 8.80. The third-order valence-corrected chi connectivity index (χ3v) is 7.76. The molecule has 0 saturated heterocycles. The molecular weight excluding hydrogens is 166 g/mol. The molecule has 2 atom stereocenters. The predicted octanol–water partition coefficient (Wildman–Crippen LogP) is 2.09. The molecule has 0 aromatic carbocycles. The lowest BCUT2D eigenvalue weighted by atomic mass is 10.2. The van der Waals surface area contributed by atoms with E-state index >= 15 is 0 Å². The summed E-state index contributed by atoms with van der Waals surface area (Å²) in [7, 11) is -2.01. The van der Waals surface area contributed by atoms with Crippen molar-refractivity contribution in [1.82, 2.24) is 0 Å². The fraction of sp³-hybridized carbons (Fsp3) is 1.00. The van der Waals surface area contributed by atoms with Crippen LogP contribution in [0.25, 0.3) is 0 Å². The van der Waals surface area contributed by atoms with Crippen molar-refractivity contribution in [1.29, 1.82) is 0 Å². The van der Waals surface area contributed by atoms with Crippen LogP contribution in [0.15, 0.2) is 0 Å². The maximum Gasteiger partial charge on any atom is 0.192 e. The summed E-state index contributed by atoms with van der Waals surface area (Å²) in [6.45, 7) is 8.35. The van der Waals surface area contributed by atoms with E-state index < -0.39 is 8.32 Å². The molecule has 0 aliphatic heterocycles. The molecule has 0 heterocycles. The zero-order chi connectivity index (χ0) is 9.78. The van der Waals surface area contributed by atoms with E-state index in [1.807, 2.05) is 0 Å². The first-order chi connectivity index (χ1) is 5.51. The minimum atomic E-state index is -2.01. The van der Waals surface area contributed by atoms with E-state index in [9.17, 15) is 4.80 Å². The molecule has 0 aliphatic rings. The van der Waals surface area contributed by atoms with Crippen molar-refractivity contribution in [3.63, 3.8) is 0 Å². The molecule has 0 aliphatic carbocycles. The van der Waals surface area contributed by atoms with Gasteiger partial charge in [-0.15, -0.1) is 0 Å². The van der Waals surface area contributed by atoms with Gasteiger partial charge in [0.2, 0.25) is 0 Å². The summed E-state index contributed by atoms with van der Waals surface area (Å²) < 4.78 is 0. The van der Waals surface area contributed by atoms with Crippen LogP contribution in [0.4, 0.5) is 0 Å². The van der Waals surface area contributed by atoms with Crippen molar-refractivity contribution in [3.05, 3.63) is 0 Å². The first-order valence-electron chi connectivity index (χ1n) is 4.99. The van der Waals surface area contributed by atoms with E-state index in [1.54, 1.807) is 0 Å². The predicted molar refractivity (Wildman–Crippen MR) is 56.6 cm³/mol. The number of nitrogens with two attached hydrogens (primary N) is 1. The van der Waals surface area contributed by atoms with Crippen LogP contribution >= 0.6 is 0 Å². The normalized spacial score (nSPS) is 17.5. The molecule has 0 amide bonds. The Hall–Kier alpha value is 0.137. The van der Waals surface area contributed by atoms with Crippen LogP contribution in [-0.4, -0.2) is 19.2 Å². The summed E-state index contributed by atoms with van der Waals surface area (Å²) in [5.74, 6) is 0. The molecule has 0 bridgehead atoms. The van der Waals surface area contributed by atoms with Crippen molar-refractivity contribution in [2.75, 3.05) is 0 Å². The molecule has 3 N–H and O–H groups in total. The highest BCUT2D eigenvalue weighted by Crippen LogP contribution is 2.29. The third-order valence-electron chi connectivity index (χ3n) is 3.19. The molecule has 0 spiro atoms. The lowest BCUT2D eigenvalue weighted by Gasteiger charge is -2.33. The van der Waals surface area contributed by atoms with Crippen LogP contribution in [0.2, 0.25) is 17.6 Å². The Morgan fingerprint density at radius 1 is 1.25 bits per heavy atom. The number of hydrogen-bond acceptors (Lipinski definition) is 2. The van der Waals surface area contributed by atoms with Gasteiger partial charge in [-0.1, -0.05) is 27.7 Å². The third kappa shape index (κ3) is 2.57. The van der Waals surface area contributed by atoms with Gasteiger partial charge in [0.25, 0.3) is 0 Å². The lowest BCUT2D eigenvalue weighted by Crippen LogP contribution is -2.45. The molecule has 3 heteroatoms. The molecule has 0 aromatic rings. The molecular formula is C9H23NOSi. The zero-order valence-corrected chi connectivity index (χ0v) is 9.80. The summed E-state index contributed by atoms with van der Waals surface area (Å²) in [5, 5.41) is 0. The van der Waals surface area contributed by atoms with E-state index in [2.05, 4.69) is 27.7 Å². The summed E-state index contributed by atoms with van der Waals surface area (Å²) in [5.41, 5.74) is 6.26. The fourth-order valence-electron chi connectivity index (χ4n) is 1.65. The van der Waals surface area contributed by atoms with Crippen LogP contribution in [0.3, 0.4) is 0 Å². The largest absolute Gasteiger partial charge is 0.431 e. The summed E-state index contributed by atoms with van der Waals surface area (Å²) in [4.78, 5) is 10.3. The summed E-state index contributed by atoms with van der Waals surface area (Å²) >= 11 is 0. The van der Waals surface area contributed by atoms with E-state index in [-0.39, 0.29) is 6.04 Å². The monoisotopic (exact) mass is 189 g/mol. The van der Waals surface area contributed by atoms with E-state index in [4.69, 9.17) is 5.73 Å². The first-order valence-corrected chi connectivity index (χ1v) is 7.43. The molecule has 12 heavy (non-hydrogen) atoms. The highest BCUT2D eigenvalue weighted by molar-refractivity contribution is 6.73. The van der Waals surface area contributed by atoms with Gasteiger partial charge in [0.05, 0.1) is 0 Å². The van der Waals surface area contributed by atoms with Crippen molar-refractivity contribution >= 4 is 8.32 Å². The quantitative estimate of drug-likeness (QED) is 0.651. The Kier molecular flexibility index (Phi) is 5.05. The van der Waals surface area contributed by atoms with Gasteiger partial charge in [-0.2, -0.15) is 0 Å². The molecule has 0 aromatic heterocycles. The maximum atomic E-state index is 10.3. The van der Waals surface area contributed by atoms with E-state index in [0.29, 0.717) is 5.54 Å². The summed E-state index contributed by atoms with van der Waals surface area (Å²) in [6.07, 6.45) is 0.969. The van der Waals surface area contributed by atoms with Crippen LogP contribution in [0.1, 0.15) is 34.1 Å². The van der Waals surface area contributed by atoms with Crippen molar-refractivity contribution in [2.45, 2.75) is 57.8 Å². The Morgan fingerprint density at radius 2 is 1.67 bits per heavy atom. The molecule has 74 valence electrons. The van der Waals surface area contributed by atoms with Crippen molar-refractivity contribution < 1.29 is 4.80 Å². The second-order valence-electron chi connectivity index (χ2n) is 3.67. The Morgan fingerprint density at radius 3 is 1.92 bits per heavy atom. The number of rotatable bonds is 5. The second kappa shape index (κ2) is 4.99. The van der Waals surface area contributed by atoms with Crippen molar-refractivity contribution in [2.24, 2.45) is 5.73 Å². The van der Waals surface area contributed by atoms with Crippen LogP contribution in [0, 0.1) is 0 Å². The average molecular weight is 189 g/mol. The molecule has 2 nitrogen and oxygen atoms in total. The highest BCUT2D eigenvalue weighted by atomic mass is 28.4. The van der Waals surface area contributed by atoms with Crippen LogP contribution in [-0.2, 0) is 0 Å². The smallest absolute Gasteiger partial charge is 0.192 e. The maximum absolute atomic E-state index is 10.3. The minimum absolute atomic E-state index is 0.182. The van der Waals surface area contributed by atoms with Gasteiger partial charge < -0.3 is 10.5 Å². The van der Waals surface area contributed by atoms with Gasteiger partial charge in [-0.05, 0) is 24.1 Å². The van der Waals surface area contributed by atoms with Gasteiger partial charge in [0, 0.05) is 6.04 Å². The topological polar surface area (TPSA) is 46.2 Å². The molecule has 0 radical (unpaired) electrons. The average Bonchev–Trinajstić information content (AvgIpc) is 2.14. The lowest BCUT2D eigenvalue weighted by molar-refractivity contribution is 0.473. The summed E-state index contributed by atoms with van der Waals surface area (Å²) in [6, 6.07) is 2.04. The number of hydrogen-bond donors (Lipinski definition) is 2. The van der Waals surface area contributed by atoms with Gasteiger partial charge in [0.1, 0.15) is 0 Å². The highest BCUT2D eigenvalue weighted by Gasteiger charge is 2.36. The molecule has 0 rings (SSSR count). The molecule has 0 saturated carbocycles. The standard InChI is InChI=1S/C9H23NOSi/c1-5-9(10)8(4)12(11,6-2)7-3/h8-9,11H,5-7,10H2,1-4H3. The van der Waals surface area contributed by atoms with Gasteiger partial charge in [0.15, 0.2) is 8.32 Å². The van der Waals surface area contributed by atoms with Gasteiger partial charge >= 0.3 is 0 Å². The fourth-order valence-corrected chi connectivity index (χ4v) is 4.47. The Balaban J connectivity index is 4.29. The first kappa shape index (κ1) is 12.1. The van der Waals surface area contributed by atoms with E-state index in [1.165, 1.54) is 0 Å². The Labute approximate surface area is 77.3 Å². The van der Waals surface area contributed by atoms with Gasteiger partial charge in [-0.3, -0.25) is 0 Å². The minimum Gasteiger partial charge on any atom is -0.431 e. The molecule has 2 unspecified atom stereocenters. The second-order valence-corrected chi connectivity index (χ2v) is 8.20. The van der Waals surface area contributed by atoms with Crippen molar-refractivity contribution in [3.8, 4) is 0 Å². The van der Waals surface area contributed by atoms with Crippen LogP contribution < -0.4 is 5.73 Å². The van der Waals surface area contributed by atoms with Crippen LogP contribution in [0.5, 0.6) is 0 Å². The molecule has 0 fully saturated rings.